The van der Waals surface area contributed by atoms with E-state index in [-0.39, 0.29) is 13.1 Å². The molecule has 2 amide bonds. The molecule has 19 heavy (non-hydrogen) atoms. The number of urea groups is 1. The molecule has 0 atom stereocenters. The van der Waals surface area contributed by atoms with Gasteiger partial charge in [-0.25, -0.2) is 17.9 Å². The van der Waals surface area contributed by atoms with Gasteiger partial charge in [0, 0.05) is 19.6 Å². The van der Waals surface area contributed by atoms with Crippen LogP contribution in [-0.4, -0.2) is 51.4 Å². The van der Waals surface area contributed by atoms with Gasteiger partial charge in [-0.15, -0.1) is 0 Å². The van der Waals surface area contributed by atoms with Gasteiger partial charge in [0.05, 0.1) is 11.7 Å². The van der Waals surface area contributed by atoms with Gasteiger partial charge in [-0.2, -0.15) is 0 Å². The molecular formula is C10H21N3O5S. The normalized spacial score (nSPS) is 11.9. The van der Waals surface area contributed by atoms with Gasteiger partial charge in [-0.05, 0) is 20.3 Å². The largest absolute Gasteiger partial charge is 0.481 e. The number of carbonyl (C=O) groups excluding carboxylic acids is 1. The van der Waals surface area contributed by atoms with E-state index < -0.39 is 27.4 Å². The number of hydrogen-bond acceptors (Lipinski definition) is 4. The summed E-state index contributed by atoms with van der Waals surface area (Å²) in [6, 6.07) is -0.478. The fraction of sp³-hybridized carbons (Fsp3) is 0.800. The molecule has 0 aliphatic carbocycles. The van der Waals surface area contributed by atoms with E-state index >= 15 is 0 Å². The standard InChI is InChI=1S/C10H21N3O5S/c1-10(2,8(14)15)7-12-9(16)11-5-4-6-13-19(3,17)18/h13H,4-7H2,1-3H3,(H,14,15)(H2,11,12,16). The maximum atomic E-state index is 11.3. The zero-order valence-electron chi connectivity index (χ0n) is 11.3. The lowest BCUT2D eigenvalue weighted by atomic mass is 9.94. The van der Waals surface area contributed by atoms with E-state index in [1.807, 2.05) is 0 Å². The quantitative estimate of drug-likeness (QED) is 0.442. The van der Waals surface area contributed by atoms with Crippen molar-refractivity contribution in [3.05, 3.63) is 0 Å². The zero-order chi connectivity index (χ0) is 15.1. The molecule has 0 saturated carbocycles. The van der Waals surface area contributed by atoms with Crippen LogP contribution >= 0.6 is 0 Å². The highest BCUT2D eigenvalue weighted by atomic mass is 32.2. The molecule has 0 aromatic carbocycles. The van der Waals surface area contributed by atoms with Crippen LogP contribution in [0.2, 0.25) is 0 Å². The molecule has 0 aromatic rings. The number of nitrogens with one attached hydrogen (secondary N) is 3. The molecule has 112 valence electrons. The third-order valence-electron chi connectivity index (χ3n) is 2.27. The molecule has 0 aliphatic heterocycles. The van der Waals surface area contributed by atoms with Crippen LogP contribution in [0.25, 0.3) is 0 Å². The van der Waals surface area contributed by atoms with Crippen molar-refractivity contribution in [3.8, 4) is 0 Å². The Morgan fingerprint density at radius 3 is 2.21 bits per heavy atom. The molecule has 4 N–H and O–H groups in total. The summed E-state index contributed by atoms with van der Waals surface area (Å²) in [7, 11) is -3.21. The van der Waals surface area contributed by atoms with Crippen molar-refractivity contribution in [1.29, 1.82) is 0 Å². The first-order valence-corrected chi connectivity index (χ1v) is 7.63. The third-order valence-corrected chi connectivity index (χ3v) is 3.00. The number of hydrogen-bond donors (Lipinski definition) is 4. The van der Waals surface area contributed by atoms with Gasteiger partial charge < -0.3 is 15.7 Å². The van der Waals surface area contributed by atoms with E-state index in [2.05, 4.69) is 15.4 Å². The predicted octanol–water partition coefficient (Wildman–Crippen LogP) is -0.664. The number of carboxylic acids is 1. The minimum Gasteiger partial charge on any atom is -0.481 e. The Morgan fingerprint density at radius 2 is 1.74 bits per heavy atom. The van der Waals surface area contributed by atoms with Crippen LogP contribution in [0.5, 0.6) is 0 Å². The van der Waals surface area contributed by atoms with Crippen molar-refractivity contribution < 1.29 is 23.1 Å². The van der Waals surface area contributed by atoms with Gasteiger partial charge in [0.15, 0.2) is 0 Å². The van der Waals surface area contributed by atoms with Gasteiger partial charge in [0.25, 0.3) is 0 Å². The Balaban J connectivity index is 3.75. The molecule has 0 unspecified atom stereocenters. The van der Waals surface area contributed by atoms with Crippen LogP contribution in [0, 0.1) is 5.41 Å². The summed E-state index contributed by atoms with van der Waals surface area (Å²) in [6.07, 6.45) is 1.50. The van der Waals surface area contributed by atoms with E-state index in [0.717, 1.165) is 6.26 Å². The molecule has 0 saturated heterocycles. The molecule has 0 radical (unpaired) electrons. The monoisotopic (exact) mass is 295 g/mol. The molecular weight excluding hydrogens is 274 g/mol. The fourth-order valence-corrected chi connectivity index (χ4v) is 1.50. The van der Waals surface area contributed by atoms with Gasteiger partial charge in [0.1, 0.15) is 0 Å². The minimum absolute atomic E-state index is 0.00968. The maximum Gasteiger partial charge on any atom is 0.314 e. The summed E-state index contributed by atoms with van der Waals surface area (Å²) in [5.74, 6) is -0.995. The smallest absolute Gasteiger partial charge is 0.314 e. The van der Waals surface area contributed by atoms with Crippen molar-refractivity contribution in [2.45, 2.75) is 20.3 Å². The topological polar surface area (TPSA) is 125 Å². The SMILES string of the molecule is CC(C)(CNC(=O)NCCCNS(C)(=O)=O)C(=O)O. The third kappa shape index (κ3) is 9.25. The van der Waals surface area contributed by atoms with Gasteiger partial charge >= 0.3 is 12.0 Å². The highest BCUT2D eigenvalue weighted by Crippen LogP contribution is 2.12. The van der Waals surface area contributed by atoms with Gasteiger partial charge in [0.2, 0.25) is 10.0 Å². The van der Waals surface area contributed by atoms with Crippen LogP contribution in [-0.2, 0) is 14.8 Å². The van der Waals surface area contributed by atoms with Crippen LogP contribution < -0.4 is 15.4 Å². The van der Waals surface area contributed by atoms with Gasteiger partial charge in [-0.1, -0.05) is 0 Å². The zero-order valence-corrected chi connectivity index (χ0v) is 12.1. The predicted molar refractivity (Wildman–Crippen MR) is 70.3 cm³/mol. The van der Waals surface area contributed by atoms with Crippen molar-refractivity contribution in [2.24, 2.45) is 5.41 Å². The molecule has 0 spiro atoms. The Bertz CT molecular complexity index is 419. The molecule has 0 aliphatic rings. The summed E-state index contributed by atoms with van der Waals surface area (Å²) in [5.41, 5.74) is -1.03. The first-order chi connectivity index (χ1) is 8.54. The number of carbonyl (C=O) groups is 2. The van der Waals surface area contributed by atoms with E-state index in [1.165, 1.54) is 13.8 Å². The minimum atomic E-state index is -3.21. The van der Waals surface area contributed by atoms with E-state index in [9.17, 15) is 18.0 Å². The molecule has 0 bridgehead atoms. The highest BCUT2D eigenvalue weighted by molar-refractivity contribution is 7.88. The van der Waals surface area contributed by atoms with E-state index in [4.69, 9.17) is 5.11 Å². The Labute approximate surface area is 113 Å². The van der Waals surface area contributed by atoms with Crippen LogP contribution in [0.1, 0.15) is 20.3 Å². The molecule has 0 rings (SSSR count). The summed E-state index contributed by atoms with van der Waals surface area (Å²) < 4.78 is 23.8. The Kier molecular flexibility index (Phi) is 6.77. The molecule has 8 nitrogen and oxygen atoms in total. The summed E-state index contributed by atoms with van der Waals surface area (Å²) in [6.45, 7) is 3.55. The number of aliphatic carboxylic acids is 1. The average molecular weight is 295 g/mol. The summed E-state index contributed by atoms with van der Waals surface area (Å²) in [5, 5.41) is 13.8. The van der Waals surface area contributed by atoms with E-state index in [0.29, 0.717) is 13.0 Å². The number of carboxylic acid groups (broad SMARTS) is 1. The lowest BCUT2D eigenvalue weighted by Gasteiger charge is -2.19. The maximum absolute atomic E-state index is 11.3. The summed E-state index contributed by atoms with van der Waals surface area (Å²) >= 11 is 0. The lowest BCUT2D eigenvalue weighted by molar-refractivity contribution is -0.146. The highest BCUT2D eigenvalue weighted by Gasteiger charge is 2.27. The molecule has 0 aromatic heterocycles. The summed E-state index contributed by atoms with van der Waals surface area (Å²) in [4.78, 5) is 22.1. The van der Waals surface area contributed by atoms with E-state index in [1.54, 1.807) is 0 Å². The molecule has 0 heterocycles. The van der Waals surface area contributed by atoms with Crippen LogP contribution in [0.15, 0.2) is 0 Å². The second-order valence-electron chi connectivity index (χ2n) is 4.82. The number of amides is 2. The van der Waals surface area contributed by atoms with Crippen LogP contribution in [0.3, 0.4) is 0 Å². The number of sulfonamides is 1. The average Bonchev–Trinajstić information content (AvgIpc) is 2.24. The second kappa shape index (κ2) is 7.29. The van der Waals surface area contributed by atoms with Gasteiger partial charge in [-0.3, -0.25) is 4.79 Å². The van der Waals surface area contributed by atoms with Crippen molar-refractivity contribution >= 4 is 22.0 Å². The van der Waals surface area contributed by atoms with Crippen molar-refractivity contribution in [3.63, 3.8) is 0 Å². The van der Waals surface area contributed by atoms with Crippen molar-refractivity contribution in [2.75, 3.05) is 25.9 Å². The molecule has 0 fully saturated rings. The fourth-order valence-electron chi connectivity index (χ4n) is 0.987. The Morgan fingerprint density at radius 1 is 1.16 bits per heavy atom. The number of rotatable bonds is 8. The lowest BCUT2D eigenvalue weighted by Crippen LogP contribution is -2.44. The first kappa shape index (κ1) is 17.6. The second-order valence-corrected chi connectivity index (χ2v) is 6.65. The first-order valence-electron chi connectivity index (χ1n) is 5.74. The van der Waals surface area contributed by atoms with Crippen molar-refractivity contribution in [1.82, 2.24) is 15.4 Å². The molecule has 9 heteroatoms. The Hall–Kier alpha value is -1.35. The van der Waals surface area contributed by atoms with Crippen LogP contribution in [0.4, 0.5) is 4.79 Å².